The maximum Gasteiger partial charge on any atom is 0.333 e. The number of hydrogen-bond donors (Lipinski definition) is 6. The molecule has 0 aliphatic carbocycles. The number of aromatic nitrogens is 14. The van der Waals surface area contributed by atoms with Crippen molar-refractivity contribution in [2.45, 2.75) is 195 Å². The third-order valence-corrected chi connectivity index (χ3v) is 37.4. The summed E-state index contributed by atoms with van der Waals surface area (Å²) in [7, 11) is -7.25. The van der Waals surface area contributed by atoms with Crippen molar-refractivity contribution >= 4 is 119 Å². The molecule has 49 heteroatoms. The van der Waals surface area contributed by atoms with E-state index < -0.39 is 192 Å². The first-order valence-electron chi connectivity index (χ1n) is 45.9. The number of hydrogen-bond acceptors (Lipinski definition) is 29. The van der Waals surface area contributed by atoms with Crippen molar-refractivity contribution < 1.29 is 107 Å². The standard InChI is InChI=1S/C59H64F2N9O11PSi.C37H44F2N9O10PSi.2B/c1-10-43-49(50(81-83(8,9)58(2,3)4)57(77-43)69-31-42(60)45-52(69)64-34-66-55(45)72)80-82(75-30-29-62-5)76-32-44-48(46(61)56(78-44)70-35-67-47-51(63-33-65-53(47)70)68-54(71)36-17-13-11-14-18-36)79-59(37-19-15-12-16-20-37,38-21-25-40(73-6)26-22-38)39-23-27-41(74-7)28-24-39;1-37(2,3)60(5,6)58-29-28(22(15-49)55-36(29)47-14-21(38)24-31(47)42-18-44-34(24)52)57-59(53-13-12-40-4)54-16-23-27(50)25(39)35(56-23)48-19-45-26-30(41-17-43-32(26)48)46-33(51)20-10-8-7-9-11-20;;/h11-28,31,33-35,43-44,46,48-50,56-57H,10,29-30,32H2,1-4,6-9H3,(H,64,66,72)(H,63,65,68,71);7-11,14,17-19,22-23,25,27-29,35-36,49-50H,12-13,15-16H2,1-3,5-6H3,(H,42,44,52)(H,41,43,46,51);;/t43-,44-,46+,48?,49?,50+,56-,57-,82?;22-,23-,25+,27?,28?,29+,35-,36-,59?;;/m11../s1. The summed E-state index contributed by atoms with van der Waals surface area (Å²) in [6.07, 6.45) is -10.8. The zero-order valence-electron chi connectivity index (χ0n) is 81.3. The molecule has 4 saturated heterocycles. The van der Waals surface area contributed by atoms with E-state index in [0.717, 1.165) is 12.5 Å². The fourth-order valence-corrected chi connectivity index (χ4v) is 21.5. The van der Waals surface area contributed by atoms with Crippen molar-refractivity contribution in [2.24, 2.45) is 0 Å². The minimum Gasteiger partial charge on any atom is -0.497 e. The normalized spacial score (nSPS) is 22.7. The van der Waals surface area contributed by atoms with Gasteiger partial charge in [0.15, 0.2) is 111 Å². The van der Waals surface area contributed by atoms with Gasteiger partial charge >= 0.3 is 17.2 Å². The molecule has 18 atom stereocenters. The largest absolute Gasteiger partial charge is 0.497 e. The lowest BCUT2D eigenvalue weighted by Crippen LogP contribution is -2.49. The van der Waals surface area contributed by atoms with Crippen LogP contribution >= 0.6 is 17.2 Å². The van der Waals surface area contributed by atoms with Crippen molar-refractivity contribution in [3.63, 3.8) is 0 Å². The second-order valence-electron chi connectivity index (χ2n) is 37.0. The number of alkyl halides is 2. The summed E-state index contributed by atoms with van der Waals surface area (Å²) in [5.74, 6) is -1.22. The number of rotatable bonds is 37. The number of imidazole rings is 2. The Hall–Kier alpha value is -11.9. The maximum atomic E-state index is 18.6. The average molecular weight is 2070 g/mol. The van der Waals surface area contributed by atoms with Crippen LogP contribution in [0.25, 0.3) is 54.1 Å². The van der Waals surface area contributed by atoms with E-state index in [4.69, 9.17) is 82.3 Å². The number of carbonyl (C=O) groups excluding carboxylic acids is 2. The van der Waals surface area contributed by atoms with Crippen LogP contribution in [0.2, 0.25) is 36.3 Å². The highest BCUT2D eigenvalue weighted by molar-refractivity contribution is 7.42. The number of halogens is 4. The minimum atomic E-state index is -2.74. The van der Waals surface area contributed by atoms with Crippen LogP contribution in [0.15, 0.2) is 199 Å². The molecular weight excluding hydrogens is 1960 g/mol. The highest BCUT2D eigenvalue weighted by atomic mass is 31.2. The molecular formula is C96H108B2F4N18O21P2Si2. The summed E-state index contributed by atoms with van der Waals surface area (Å²) in [5, 5.41) is 25.9. The highest BCUT2D eigenvalue weighted by Crippen LogP contribution is 2.55. The van der Waals surface area contributed by atoms with E-state index in [2.05, 4.69) is 104 Å². The molecule has 4 fully saturated rings. The number of aliphatic hydroxyl groups is 2. The van der Waals surface area contributed by atoms with Crippen molar-refractivity contribution in [1.82, 2.24) is 68.1 Å². The van der Waals surface area contributed by atoms with Crippen LogP contribution in [0.1, 0.15) is 117 Å². The van der Waals surface area contributed by atoms with E-state index in [9.17, 15) is 29.4 Å². The Morgan fingerprint density at radius 1 is 0.503 bits per heavy atom. The lowest BCUT2D eigenvalue weighted by molar-refractivity contribution is -0.104. The molecule has 17 rings (SSSR count). The lowest BCUT2D eigenvalue weighted by Gasteiger charge is -2.41. The fourth-order valence-electron chi connectivity index (χ4n) is 16.6. The quantitative estimate of drug-likeness (QED) is 0.00526. The van der Waals surface area contributed by atoms with Crippen molar-refractivity contribution in [2.75, 3.05) is 71.0 Å². The Kier molecular flexibility index (Phi) is 34.9. The fraction of sp³-hybridized carbons (Fsp3) is 0.417. The molecule has 6 unspecified atom stereocenters. The molecule has 5 aromatic carbocycles. The summed E-state index contributed by atoms with van der Waals surface area (Å²) in [5.41, 5.74) is 0.312. The number of aromatic amines is 2. The number of carbonyl (C=O) groups is 2. The minimum absolute atomic E-state index is 0. The topological polar surface area (TPSA) is 434 Å². The Bertz CT molecular complexity index is 6790. The molecule has 0 saturated carbocycles. The molecule has 760 valence electrons. The summed E-state index contributed by atoms with van der Waals surface area (Å²) in [4.78, 5) is 98.1. The van der Waals surface area contributed by atoms with Crippen molar-refractivity contribution in [1.29, 1.82) is 0 Å². The van der Waals surface area contributed by atoms with E-state index in [1.54, 1.807) is 99.1 Å². The second-order valence-corrected chi connectivity index (χ2v) is 48.8. The van der Waals surface area contributed by atoms with Gasteiger partial charge in [0.1, 0.15) is 109 Å². The monoisotopic (exact) mass is 2060 g/mol. The average Bonchev–Trinajstić information content (AvgIpc) is 1.73. The zero-order valence-corrected chi connectivity index (χ0v) is 85.1. The molecule has 2 amide bonds. The zero-order chi connectivity index (χ0) is 102. The second kappa shape index (κ2) is 46.4. The molecule has 4 aliphatic rings. The molecule has 0 spiro atoms. The van der Waals surface area contributed by atoms with Gasteiger partial charge < -0.3 is 119 Å². The number of H-pyrrole nitrogens is 2. The first-order chi connectivity index (χ1) is 68.6. The Morgan fingerprint density at radius 2 is 0.903 bits per heavy atom. The van der Waals surface area contributed by atoms with Gasteiger partial charge in [-0.2, -0.15) is 0 Å². The van der Waals surface area contributed by atoms with Crippen molar-refractivity contribution in [3.8, 4) is 11.5 Å². The van der Waals surface area contributed by atoms with Crippen LogP contribution in [0.5, 0.6) is 11.5 Å². The van der Waals surface area contributed by atoms with Gasteiger partial charge in [0.25, 0.3) is 22.9 Å². The molecule has 4 aliphatic heterocycles. The summed E-state index contributed by atoms with van der Waals surface area (Å²) < 4.78 is 168. The molecule has 12 heterocycles. The first-order valence-corrected chi connectivity index (χ1v) is 53.9. The number of nitrogens with zero attached hydrogens (tertiary/aromatic N) is 14. The molecule has 8 aromatic heterocycles. The molecule has 145 heavy (non-hydrogen) atoms. The van der Waals surface area contributed by atoms with E-state index in [0.29, 0.717) is 45.7 Å². The number of anilines is 2. The van der Waals surface area contributed by atoms with Gasteiger partial charge in [0, 0.05) is 40.3 Å². The number of ether oxygens (including phenoxy) is 7. The van der Waals surface area contributed by atoms with E-state index in [1.807, 2.05) is 95.4 Å². The highest BCUT2D eigenvalue weighted by Gasteiger charge is 2.58. The predicted molar refractivity (Wildman–Crippen MR) is 532 cm³/mol. The number of nitrogens with one attached hydrogen (secondary N) is 4. The molecule has 6 N–H and O–H groups in total. The Labute approximate surface area is 839 Å². The van der Waals surface area contributed by atoms with Gasteiger partial charge in [-0.3, -0.25) is 28.3 Å². The van der Waals surface area contributed by atoms with Crippen LogP contribution in [-0.2, 0) is 65.3 Å². The van der Waals surface area contributed by atoms with Crippen LogP contribution in [0.4, 0.5) is 29.2 Å². The molecule has 6 radical (unpaired) electrons. The molecule has 13 aromatic rings. The first kappa shape index (κ1) is 109. The van der Waals surface area contributed by atoms with E-state index >= 15 is 17.6 Å². The van der Waals surface area contributed by atoms with Gasteiger partial charge in [0.05, 0.1) is 65.5 Å². The van der Waals surface area contributed by atoms with E-state index in [1.165, 1.54) is 56.1 Å². The number of methoxy groups -OCH3 is 2. The summed E-state index contributed by atoms with van der Waals surface area (Å²) in [6, 6.07) is 41.1. The lowest BCUT2D eigenvalue weighted by atomic mass is 9.79. The van der Waals surface area contributed by atoms with Gasteiger partial charge in [-0.1, -0.05) is 139 Å². The van der Waals surface area contributed by atoms with Gasteiger partial charge in [-0.15, -0.1) is 0 Å². The Balaban J connectivity index is 0.000000238. The Morgan fingerprint density at radius 3 is 1.32 bits per heavy atom. The third kappa shape index (κ3) is 22.8. The number of aliphatic hydroxyl groups excluding tert-OH is 2. The van der Waals surface area contributed by atoms with Gasteiger partial charge in [-0.05, 0) is 108 Å². The van der Waals surface area contributed by atoms with E-state index in [-0.39, 0.29) is 109 Å². The van der Waals surface area contributed by atoms with Crippen LogP contribution in [0, 0.1) is 24.8 Å². The predicted octanol–water partition coefficient (Wildman–Crippen LogP) is 14.5. The van der Waals surface area contributed by atoms with Crippen LogP contribution in [-0.4, -0.2) is 257 Å². The number of amides is 2. The van der Waals surface area contributed by atoms with Gasteiger partial charge in [-0.25, -0.2) is 70.6 Å². The van der Waals surface area contributed by atoms with Crippen molar-refractivity contribution in [3.05, 3.63) is 273 Å². The summed E-state index contributed by atoms with van der Waals surface area (Å²) in [6.45, 7) is 35.3. The van der Waals surface area contributed by atoms with Gasteiger partial charge in [0.2, 0.25) is 13.1 Å². The van der Waals surface area contributed by atoms with Crippen LogP contribution < -0.4 is 31.2 Å². The maximum absolute atomic E-state index is 18.6. The molecule has 39 nitrogen and oxygen atoms in total. The third-order valence-electron chi connectivity index (χ3n) is 26.1. The number of benzene rings is 5. The smallest absolute Gasteiger partial charge is 0.333 e. The SMILES string of the molecule is [B].[B].[C-]#[N+]CCOP(OC[C@H]1O[C@@H](n2cnc3c(NC(=O)c4ccccc4)ncnc32)[C@@H](F)C1O)OC1[C@@H](CO)O[C@@H](n2cc(F)c3c(=O)[nH]cnc32)[C@H]1O[Si](C)(C)C(C)(C)C.[C-]#[N+]CCOP(OC[C@H]1O[C@@H](n2cnc3c(NC(=O)c4ccccc4)ncnc32)[C@@H](F)C1OC(c1ccccc1)(c1ccc(OC)cc1)c1ccc(OC)cc1)OC1[C@@H](CC)O[C@@H](n2cc(F)c3c(=O)[nH]cnc32)[C@H]1O[Si](C)(C)C(C)(C)C. The summed E-state index contributed by atoms with van der Waals surface area (Å²) >= 11 is 0. The van der Waals surface area contributed by atoms with Crippen LogP contribution in [0.3, 0.4) is 0 Å². The number of fused-ring (bicyclic) bond motifs is 4. The molecule has 0 bridgehead atoms.